The molecule has 1 saturated heterocycles. The van der Waals surface area contributed by atoms with Crippen LogP contribution in [-0.4, -0.2) is 76.7 Å². The predicted octanol–water partition coefficient (Wildman–Crippen LogP) is 3.77. The maximum atomic E-state index is 11.6. The van der Waals surface area contributed by atoms with Crippen molar-refractivity contribution >= 4 is 0 Å². The van der Waals surface area contributed by atoms with Crippen molar-refractivity contribution in [2.45, 2.75) is 74.5 Å². The smallest absolute Gasteiger partial charge is 0.166 e. The largest absolute Gasteiger partial charge is 0.497 e. The van der Waals surface area contributed by atoms with Crippen LogP contribution < -0.4 is 4.74 Å². The Hall–Kier alpha value is -1.96. The molecule has 190 valence electrons. The van der Waals surface area contributed by atoms with E-state index in [1.165, 1.54) is 5.56 Å². The van der Waals surface area contributed by atoms with Gasteiger partial charge in [-0.2, -0.15) is 0 Å². The van der Waals surface area contributed by atoms with Crippen LogP contribution in [0.4, 0.5) is 0 Å². The summed E-state index contributed by atoms with van der Waals surface area (Å²) in [4.78, 5) is 6.82. The minimum absolute atomic E-state index is 0.00325. The van der Waals surface area contributed by atoms with Crippen LogP contribution in [0.25, 0.3) is 0 Å². The molecule has 3 fully saturated rings. The van der Waals surface area contributed by atoms with Crippen LogP contribution in [0.2, 0.25) is 0 Å². The Morgan fingerprint density at radius 2 is 1.69 bits per heavy atom. The number of rotatable bonds is 7. The number of benzene rings is 2. The van der Waals surface area contributed by atoms with Crippen molar-refractivity contribution in [1.82, 2.24) is 14.7 Å². The highest BCUT2D eigenvalue weighted by atomic mass is 16.5. The molecule has 1 atom stereocenters. The van der Waals surface area contributed by atoms with Gasteiger partial charge in [-0.15, -0.1) is 0 Å². The summed E-state index contributed by atoms with van der Waals surface area (Å²) in [6.45, 7) is 2.01. The van der Waals surface area contributed by atoms with E-state index in [2.05, 4.69) is 71.3 Å². The molecule has 6 heteroatoms. The summed E-state index contributed by atoms with van der Waals surface area (Å²) in [6, 6.07) is 19.0. The molecule has 2 aromatic carbocycles. The van der Waals surface area contributed by atoms with E-state index in [0.717, 1.165) is 62.8 Å². The van der Waals surface area contributed by atoms with E-state index in [9.17, 15) is 10.2 Å². The molecule has 1 unspecified atom stereocenters. The Morgan fingerprint density at radius 1 is 0.971 bits per heavy atom. The molecule has 3 aliphatic rings. The lowest BCUT2D eigenvalue weighted by Gasteiger charge is -2.53. The zero-order valence-electron chi connectivity index (χ0n) is 21.5. The van der Waals surface area contributed by atoms with Crippen LogP contribution in [0, 0.1) is 0 Å². The van der Waals surface area contributed by atoms with E-state index in [-0.39, 0.29) is 11.1 Å². The van der Waals surface area contributed by atoms with Gasteiger partial charge >= 0.3 is 0 Å². The normalized spacial score (nSPS) is 31.1. The first-order valence-electron chi connectivity index (χ1n) is 13.1. The second-order valence-corrected chi connectivity index (χ2v) is 11.3. The van der Waals surface area contributed by atoms with E-state index >= 15 is 0 Å². The van der Waals surface area contributed by atoms with E-state index in [0.29, 0.717) is 13.1 Å². The molecule has 0 amide bonds. The monoisotopic (exact) mass is 479 g/mol. The van der Waals surface area contributed by atoms with Crippen molar-refractivity contribution in [3.8, 4) is 5.75 Å². The summed E-state index contributed by atoms with van der Waals surface area (Å²) in [5, 5.41) is 22.7. The molecule has 1 spiro atoms. The standard InChI is InChI=1S/C29H41N3O3/c1-30(2)29(24-10-5-4-6-11-24)17-15-27(16-18-29)21-31(20-23-9-7-12-25(19-23)35-3)26(33)32(27)22-28(34)13-8-14-28/h4-7,9-12,19,26,33-34H,8,13-18,20-22H2,1-3H3. The van der Waals surface area contributed by atoms with Gasteiger partial charge < -0.3 is 14.9 Å². The Kier molecular flexibility index (Phi) is 6.70. The molecule has 6 nitrogen and oxygen atoms in total. The molecule has 0 aromatic heterocycles. The number of hydrogen-bond donors (Lipinski definition) is 2. The van der Waals surface area contributed by atoms with Crippen molar-refractivity contribution < 1.29 is 14.9 Å². The molecule has 2 N–H and O–H groups in total. The summed E-state index contributed by atoms with van der Waals surface area (Å²) >= 11 is 0. The Balaban J connectivity index is 1.41. The highest BCUT2D eigenvalue weighted by Crippen LogP contribution is 2.50. The quantitative estimate of drug-likeness (QED) is 0.631. The van der Waals surface area contributed by atoms with Gasteiger partial charge in [-0.3, -0.25) is 14.7 Å². The summed E-state index contributed by atoms with van der Waals surface area (Å²) in [7, 11) is 6.07. The van der Waals surface area contributed by atoms with Gasteiger partial charge in [0, 0.05) is 30.7 Å². The average molecular weight is 480 g/mol. The van der Waals surface area contributed by atoms with Crippen LogP contribution in [-0.2, 0) is 12.1 Å². The zero-order chi connectivity index (χ0) is 24.7. The lowest BCUT2D eigenvalue weighted by molar-refractivity contribution is -0.145. The minimum atomic E-state index is -0.700. The molecule has 2 saturated carbocycles. The number of β-amino-alcohol motifs (C(OH)–C–C–N with tert-alkyl or cyclic N) is 1. The van der Waals surface area contributed by atoms with Crippen molar-refractivity contribution in [2.75, 3.05) is 34.3 Å². The molecule has 5 rings (SSSR count). The zero-order valence-corrected chi connectivity index (χ0v) is 21.5. The van der Waals surface area contributed by atoms with Crippen molar-refractivity contribution in [3.63, 3.8) is 0 Å². The SMILES string of the molecule is COc1cccc(CN2CC3(CCC(c4ccccc4)(N(C)C)CC3)N(CC3(O)CCC3)C2O)c1. The molecule has 0 bridgehead atoms. The minimum Gasteiger partial charge on any atom is -0.497 e. The number of methoxy groups -OCH3 is 1. The molecule has 35 heavy (non-hydrogen) atoms. The van der Waals surface area contributed by atoms with E-state index in [4.69, 9.17) is 4.74 Å². The van der Waals surface area contributed by atoms with Crippen LogP contribution in [0.5, 0.6) is 5.75 Å². The number of nitrogens with zero attached hydrogens (tertiary/aromatic N) is 3. The highest BCUT2D eigenvalue weighted by molar-refractivity contribution is 5.29. The van der Waals surface area contributed by atoms with Gasteiger partial charge in [0.15, 0.2) is 6.35 Å². The first-order chi connectivity index (χ1) is 16.8. The maximum absolute atomic E-state index is 11.6. The molecular formula is C29H41N3O3. The van der Waals surface area contributed by atoms with Gasteiger partial charge in [0.25, 0.3) is 0 Å². The van der Waals surface area contributed by atoms with Gasteiger partial charge in [0.2, 0.25) is 0 Å². The fourth-order valence-electron chi connectivity index (χ4n) is 6.76. The molecule has 1 heterocycles. The van der Waals surface area contributed by atoms with E-state index in [1.807, 2.05) is 12.1 Å². The molecule has 2 aliphatic carbocycles. The predicted molar refractivity (Wildman–Crippen MR) is 138 cm³/mol. The highest BCUT2D eigenvalue weighted by Gasteiger charge is 2.56. The van der Waals surface area contributed by atoms with Gasteiger partial charge in [0.1, 0.15) is 5.75 Å². The average Bonchev–Trinajstić information content (AvgIpc) is 3.09. The van der Waals surface area contributed by atoms with Gasteiger partial charge in [-0.25, -0.2) is 0 Å². The summed E-state index contributed by atoms with van der Waals surface area (Å²) in [6.07, 6.45) is 6.05. The summed E-state index contributed by atoms with van der Waals surface area (Å²) < 4.78 is 5.42. The molecule has 1 aliphatic heterocycles. The first kappa shape index (κ1) is 24.7. The number of ether oxygens (including phenoxy) is 1. The van der Waals surface area contributed by atoms with Gasteiger partial charge in [-0.1, -0.05) is 42.5 Å². The molecule has 2 aromatic rings. The fraction of sp³-hybridized carbons (Fsp3) is 0.586. The molecule has 0 radical (unpaired) electrons. The van der Waals surface area contributed by atoms with Gasteiger partial charge in [0.05, 0.1) is 12.7 Å². The maximum Gasteiger partial charge on any atom is 0.166 e. The van der Waals surface area contributed by atoms with Crippen LogP contribution in [0.1, 0.15) is 56.1 Å². The van der Waals surface area contributed by atoms with Crippen molar-refractivity contribution in [2.24, 2.45) is 0 Å². The summed E-state index contributed by atoms with van der Waals surface area (Å²) in [5.74, 6) is 0.836. The fourth-order valence-corrected chi connectivity index (χ4v) is 6.76. The Morgan fingerprint density at radius 3 is 2.29 bits per heavy atom. The Bertz CT molecular complexity index is 999. The van der Waals surface area contributed by atoms with Crippen molar-refractivity contribution in [3.05, 3.63) is 65.7 Å². The Labute approximate surface area is 210 Å². The summed E-state index contributed by atoms with van der Waals surface area (Å²) in [5.41, 5.74) is 1.69. The third-order valence-corrected chi connectivity index (χ3v) is 9.16. The number of aliphatic hydroxyl groups excluding tert-OH is 1. The number of aliphatic hydroxyl groups is 2. The molecular weight excluding hydrogens is 438 g/mol. The van der Waals surface area contributed by atoms with Crippen LogP contribution in [0.3, 0.4) is 0 Å². The topological polar surface area (TPSA) is 59.4 Å². The van der Waals surface area contributed by atoms with Gasteiger partial charge in [-0.05, 0) is 82.3 Å². The van der Waals surface area contributed by atoms with Crippen LogP contribution >= 0.6 is 0 Å². The third kappa shape index (κ3) is 4.51. The van der Waals surface area contributed by atoms with Crippen molar-refractivity contribution in [1.29, 1.82) is 0 Å². The first-order valence-corrected chi connectivity index (χ1v) is 13.1. The van der Waals surface area contributed by atoms with E-state index in [1.54, 1.807) is 7.11 Å². The third-order valence-electron chi connectivity index (χ3n) is 9.16. The second kappa shape index (κ2) is 9.49. The lowest BCUT2D eigenvalue weighted by atomic mass is 9.67. The number of hydrogen-bond acceptors (Lipinski definition) is 6. The van der Waals surface area contributed by atoms with E-state index < -0.39 is 12.0 Å². The lowest BCUT2D eigenvalue weighted by Crippen LogP contribution is -2.60. The van der Waals surface area contributed by atoms with Crippen LogP contribution in [0.15, 0.2) is 54.6 Å². The second-order valence-electron chi connectivity index (χ2n) is 11.3.